The number of nitrogens with one attached hydrogen (secondary N) is 2. The van der Waals surface area contributed by atoms with Crippen LogP contribution in [0.25, 0.3) is 10.9 Å². The summed E-state index contributed by atoms with van der Waals surface area (Å²) < 4.78 is 6.57. The van der Waals surface area contributed by atoms with E-state index in [1.807, 2.05) is 6.07 Å². The number of rotatable bonds is 5. The summed E-state index contributed by atoms with van der Waals surface area (Å²) in [6.07, 6.45) is -0.0358. The Morgan fingerprint density at radius 2 is 2.03 bits per heavy atom. The molecule has 10 nitrogen and oxygen atoms in total. The second kappa shape index (κ2) is 8.56. The molecule has 170 valence electrons. The van der Waals surface area contributed by atoms with Crippen molar-refractivity contribution in [1.82, 2.24) is 14.5 Å². The molecule has 2 N–H and O–H groups in total. The summed E-state index contributed by atoms with van der Waals surface area (Å²) >= 11 is 7.46. The summed E-state index contributed by atoms with van der Waals surface area (Å²) in [5.74, 6) is 1.02. The molecule has 1 aromatic carbocycles. The number of amides is 2. The van der Waals surface area contributed by atoms with Crippen LogP contribution >= 0.6 is 23.4 Å². The van der Waals surface area contributed by atoms with Gasteiger partial charge in [0.05, 0.1) is 33.1 Å². The molecule has 12 heteroatoms. The number of H-pyrrole nitrogens is 1. The molecule has 2 aliphatic rings. The molecule has 1 atom stereocenters. The van der Waals surface area contributed by atoms with Gasteiger partial charge in [-0.15, -0.1) is 11.8 Å². The third-order valence-corrected chi connectivity index (χ3v) is 6.85. The van der Waals surface area contributed by atoms with E-state index in [0.717, 1.165) is 9.46 Å². The SMILES string of the molecule is O=C1CSc2ccc(N3C[C@H](CCCn4c(=O)[nH]c5c(Cl)cccc5c4=O)OC3=O)nc2N1. The number of para-hydroxylation sites is 1. The van der Waals surface area contributed by atoms with Gasteiger partial charge in [-0.3, -0.25) is 19.1 Å². The lowest BCUT2D eigenvalue weighted by atomic mass is 10.2. The monoisotopic (exact) mass is 487 g/mol. The van der Waals surface area contributed by atoms with Crippen molar-refractivity contribution in [2.24, 2.45) is 0 Å². The van der Waals surface area contributed by atoms with Crippen LogP contribution < -0.4 is 21.5 Å². The Hall–Kier alpha value is -3.31. The number of halogens is 1. The van der Waals surface area contributed by atoms with Gasteiger partial charge >= 0.3 is 11.8 Å². The predicted octanol–water partition coefficient (Wildman–Crippen LogP) is 2.59. The van der Waals surface area contributed by atoms with Crippen molar-refractivity contribution >= 4 is 57.9 Å². The summed E-state index contributed by atoms with van der Waals surface area (Å²) in [6.45, 7) is 0.454. The highest BCUT2D eigenvalue weighted by Crippen LogP contribution is 2.33. The molecule has 2 amide bonds. The number of aromatic nitrogens is 3. The van der Waals surface area contributed by atoms with Crippen LogP contribution in [0.4, 0.5) is 16.4 Å². The minimum Gasteiger partial charge on any atom is -0.444 e. The number of hydrogen-bond acceptors (Lipinski definition) is 7. The average Bonchev–Trinajstić information content (AvgIpc) is 3.16. The normalized spacial score (nSPS) is 17.7. The first-order valence-corrected chi connectivity index (χ1v) is 11.6. The van der Waals surface area contributed by atoms with Crippen molar-refractivity contribution in [2.45, 2.75) is 30.4 Å². The number of ether oxygens (including phenoxy) is 1. The van der Waals surface area contributed by atoms with Gasteiger partial charge in [0.1, 0.15) is 17.7 Å². The molecule has 0 unspecified atom stereocenters. The van der Waals surface area contributed by atoms with Crippen molar-refractivity contribution in [2.75, 3.05) is 22.5 Å². The first-order chi connectivity index (χ1) is 15.9. The second-order valence-corrected chi connectivity index (χ2v) is 9.09. The molecule has 3 aromatic rings. The molecule has 0 spiro atoms. The van der Waals surface area contributed by atoms with E-state index >= 15 is 0 Å². The van der Waals surface area contributed by atoms with Crippen molar-refractivity contribution in [3.63, 3.8) is 0 Å². The van der Waals surface area contributed by atoms with Crippen molar-refractivity contribution in [3.05, 3.63) is 56.2 Å². The summed E-state index contributed by atoms with van der Waals surface area (Å²) in [4.78, 5) is 58.4. The van der Waals surface area contributed by atoms with Crippen molar-refractivity contribution < 1.29 is 14.3 Å². The maximum Gasteiger partial charge on any atom is 0.415 e. The van der Waals surface area contributed by atoms with Crippen LogP contribution in [0.2, 0.25) is 5.02 Å². The number of carbonyl (C=O) groups is 2. The number of fused-ring (bicyclic) bond motifs is 2. The zero-order chi connectivity index (χ0) is 23.1. The van der Waals surface area contributed by atoms with E-state index in [4.69, 9.17) is 16.3 Å². The standard InChI is InChI=1S/C21H18ClN5O5S/c22-13-5-1-4-12-17(13)25-20(30)26(19(12)29)8-2-3-11-9-27(21(31)32-11)15-7-6-14-18(23-15)24-16(28)10-33-14/h1,4-7,11H,2-3,8-10H2,(H,25,30)(H,23,24,28)/t11-/m0/s1. The molecule has 0 aliphatic carbocycles. The van der Waals surface area contributed by atoms with Crippen LogP contribution in [0.1, 0.15) is 12.8 Å². The van der Waals surface area contributed by atoms with E-state index in [9.17, 15) is 19.2 Å². The predicted molar refractivity (Wildman–Crippen MR) is 124 cm³/mol. The maximum absolute atomic E-state index is 12.7. The third-order valence-electron chi connectivity index (χ3n) is 5.48. The number of hydrogen-bond donors (Lipinski definition) is 2. The van der Waals surface area contributed by atoms with E-state index in [2.05, 4.69) is 15.3 Å². The molecule has 1 fully saturated rings. The maximum atomic E-state index is 12.7. The van der Waals surface area contributed by atoms with Crippen LogP contribution in [-0.2, 0) is 16.1 Å². The van der Waals surface area contributed by atoms with E-state index in [1.165, 1.54) is 16.7 Å². The van der Waals surface area contributed by atoms with Gasteiger partial charge in [0.25, 0.3) is 5.56 Å². The topological polar surface area (TPSA) is 126 Å². The van der Waals surface area contributed by atoms with Crippen LogP contribution in [0.5, 0.6) is 0 Å². The number of carbonyl (C=O) groups excluding carboxylic acids is 2. The Kier molecular flexibility index (Phi) is 5.59. The van der Waals surface area contributed by atoms with E-state index in [0.29, 0.717) is 46.2 Å². The number of aromatic amines is 1. The highest BCUT2D eigenvalue weighted by atomic mass is 35.5. The molecular weight excluding hydrogens is 470 g/mol. The Balaban J connectivity index is 1.26. The Morgan fingerprint density at radius 3 is 2.88 bits per heavy atom. The fourth-order valence-corrected chi connectivity index (χ4v) is 4.86. The lowest BCUT2D eigenvalue weighted by molar-refractivity contribution is -0.113. The van der Waals surface area contributed by atoms with Crippen LogP contribution in [0.3, 0.4) is 0 Å². The molecule has 33 heavy (non-hydrogen) atoms. The zero-order valence-corrected chi connectivity index (χ0v) is 18.7. The van der Waals surface area contributed by atoms with Crippen molar-refractivity contribution in [3.8, 4) is 0 Å². The second-order valence-electron chi connectivity index (χ2n) is 7.66. The number of cyclic esters (lactones) is 1. The fourth-order valence-electron chi connectivity index (χ4n) is 3.88. The molecule has 5 rings (SSSR count). The molecule has 0 bridgehead atoms. The van der Waals surface area contributed by atoms with Gasteiger partial charge in [0.2, 0.25) is 5.91 Å². The summed E-state index contributed by atoms with van der Waals surface area (Å²) in [5.41, 5.74) is -0.638. The summed E-state index contributed by atoms with van der Waals surface area (Å²) in [5, 5.41) is 3.35. The number of anilines is 2. The van der Waals surface area contributed by atoms with Gasteiger partial charge in [0.15, 0.2) is 0 Å². The Bertz CT molecular complexity index is 1400. The molecule has 0 saturated carbocycles. The summed E-state index contributed by atoms with van der Waals surface area (Å²) in [6, 6.07) is 8.40. The van der Waals surface area contributed by atoms with E-state index < -0.39 is 23.4 Å². The number of nitrogens with zero attached hydrogens (tertiary/aromatic N) is 3. The zero-order valence-electron chi connectivity index (χ0n) is 17.2. The van der Waals surface area contributed by atoms with Crippen LogP contribution in [0, 0.1) is 0 Å². The van der Waals surface area contributed by atoms with Gasteiger partial charge in [-0.05, 0) is 37.1 Å². The third kappa shape index (κ3) is 4.09. The average molecular weight is 488 g/mol. The fraction of sp³-hybridized carbons (Fsp3) is 0.286. The van der Waals surface area contributed by atoms with Gasteiger partial charge in [0, 0.05) is 6.54 Å². The van der Waals surface area contributed by atoms with Crippen LogP contribution in [0.15, 0.2) is 44.8 Å². The number of pyridine rings is 1. The molecular formula is C21H18ClN5O5S. The molecule has 4 heterocycles. The molecule has 2 aliphatic heterocycles. The highest BCUT2D eigenvalue weighted by molar-refractivity contribution is 8.00. The molecule has 0 radical (unpaired) electrons. The Labute approximate surface area is 195 Å². The quantitative estimate of drug-likeness (QED) is 0.566. The largest absolute Gasteiger partial charge is 0.444 e. The van der Waals surface area contributed by atoms with E-state index in [1.54, 1.807) is 24.3 Å². The van der Waals surface area contributed by atoms with Crippen molar-refractivity contribution in [1.29, 1.82) is 0 Å². The van der Waals surface area contributed by atoms with Gasteiger partial charge in [-0.1, -0.05) is 17.7 Å². The summed E-state index contributed by atoms with van der Waals surface area (Å²) in [7, 11) is 0. The number of thioether (sulfide) groups is 1. The minimum atomic E-state index is -0.538. The first kappa shape index (κ1) is 21.5. The highest BCUT2D eigenvalue weighted by Gasteiger charge is 2.33. The van der Waals surface area contributed by atoms with Gasteiger partial charge in [-0.2, -0.15) is 0 Å². The Morgan fingerprint density at radius 1 is 1.18 bits per heavy atom. The van der Waals surface area contributed by atoms with E-state index in [-0.39, 0.29) is 19.0 Å². The smallest absolute Gasteiger partial charge is 0.415 e. The van der Waals surface area contributed by atoms with Gasteiger partial charge in [-0.25, -0.2) is 14.6 Å². The van der Waals surface area contributed by atoms with Crippen LogP contribution in [-0.4, -0.2) is 44.9 Å². The lowest BCUT2D eigenvalue weighted by Crippen LogP contribution is -2.35. The minimum absolute atomic E-state index is 0.139. The number of benzene rings is 1. The molecule has 2 aromatic heterocycles. The van der Waals surface area contributed by atoms with Gasteiger partial charge < -0.3 is 15.0 Å². The lowest BCUT2D eigenvalue weighted by Gasteiger charge is -2.18. The molecule has 1 saturated heterocycles. The first-order valence-electron chi connectivity index (χ1n) is 10.2.